The van der Waals surface area contributed by atoms with Crippen LogP contribution in [0.15, 0.2) is 30.3 Å². The van der Waals surface area contributed by atoms with E-state index in [2.05, 4.69) is 10.4 Å². The van der Waals surface area contributed by atoms with Crippen molar-refractivity contribution in [2.45, 2.75) is 39.2 Å². The van der Waals surface area contributed by atoms with Crippen molar-refractivity contribution in [3.8, 4) is 5.69 Å². The zero-order valence-electron chi connectivity index (χ0n) is 15.2. The van der Waals surface area contributed by atoms with E-state index in [-0.39, 0.29) is 23.8 Å². The fraction of sp³-hybridized carbons (Fsp3) is 0.450. The summed E-state index contributed by atoms with van der Waals surface area (Å²) in [7, 11) is 0. The van der Waals surface area contributed by atoms with E-state index in [4.69, 9.17) is 0 Å². The van der Waals surface area contributed by atoms with Crippen molar-refractivity contribution in [1.29, 1.82) is 0 Å². The molecule has 2 fully saturated rings. The van der Waals surface area contributed by atoms with Crippen LogP contribution in [0.3, 0.4) is 0 Å². The second kappa shape index (κ2) is 6.59. The number of nitrogens with one attached hydrogen (secondary N) is 1. The SMILES string of the molecule is Cc1cc(C)n(-c2ccc(C(=O)N3C[C@H]4CCC[C@H](C3)C(=O)N4)cc2)n1. The highest BCUT2D eigenvalue weighted by molar-refractivity contribution is 5.95. The quantitative estimate of drug-likeness (QED) is 0.901. The molecular formula is C20H24N4O2. The van der Waals surface area contributed by atoms with Crippen molar-refractivity contribution in [1.82, 2.24) is 20.0 Å². The lowest BCUT2D eigenvalue weighted by atomic mass is 9.98. The Bertz CT molecular complexity index is 840. The molecule has 2 bridgehead atoms. The lowest BCUT2D eigenvalue weighted by Gasteiger charge is -2.27. The van der Waals surface area contributed by atoms with Crippen LogP contribution in [0.2, 0.25) is 0 Å². The lowest BCUT2D eigenvalue weighted by molar-refractivity contribution is -0.124. The molecule has 2 amide bonds. The van der Waals surface area contributed by atoms with Gasteiger partial charge in [-0.3, -0.25) is 9.59 Å². The third-order valence-corrected chi connectivity index (χ3v) is 5.36. The van der Waals surface area contributed by atoms with Gasteiger partial charge in [0.15, 0.2) is 0 Å². The Hall–Kier alpha value is -2.63. The fourth-order valence-electron chi connectivity index (χ4n) is 4.03. The number of benzene rings is 1. The predicted octanol–water partition coefficient (Wildman–Crippen LogP) is 2.23. The number of carbonyl (C=O) groups excluding carboxylic acids is 2. The van der Waals surface area contributed by atoms with Crippen molar-refractivity contribution in [2.24, 2.45) is 5.92 Å². The molecule has 1 N–H and O–H groups in total. The number of hydrogen-bond acceptors (Lipinski definition) is 3. The number of rotatable bonds is 2. The molecule has 0 radical (unpaired) electrons. The summed E-state index contributed by atoms with van der Waals surface area (Å²) in [6.45, 7) is 5.09. The summed E-state index contributed by atoms with van der Waals surface area (Å²) in [6.07, 6.45) is 2.86. The van der Waals surface area contributed by atoms with Crippen LogP contribution in [0.1, 0.15) is 41.0 Å². The van der Waals surface area contributed by atoms with Crippen LogP contribution in [0.4, 0.5) is 0 Å². The van der Waals surface area contributed by atoms with Gasteiger partial charge in [-0.15, -0.1) is 0 Å². The van der Waals surface area contributed by atoms with Crippen molar-refractivity contribution in [2.75, 3.05) is 13.1 Å². The Kier molecular flexibility index (Phi) is 4.26. The van der Waals surface area contributed by atoms with Gasteiger partial charge in [-0.1, -0.05) is 6.42 Å². The molecule has 2 saturated heterocycles. The van der Waals surface area contributed by atoms with E-state index in [9.17, 15) is 9.59 Å². The summed E-state index contributed by atoms with van der Waals surface area (Å²) in [5.74, 6) is 0.0152. The monoisotopic (exact) mass is 352 g/mol. The van der Waals surface area contributed by atoms with E-state index in [0.29, 0.717) is 18.7 Å². The molecule has 2 aliphatic heterocycles. The number of carbonyl (C=O) groups is 2. The molecule has 0 spiro atoms. The summed E-state index contributed by atoms with van der Waals surface area (Å²) >= 11 is 0. The predicted molar refractivity (Wildman–Crippen MR) is 98.2 cm³/mol. The molecule has 0 unspecified atom stereocenters. The van der Waals surface area contributed by atoms with E-state index in [1.807, 2.05) is 53.8 Å². The van der Waals surface area contributed by atoms with Crippen LogP contribution in [-0.4, -0.2) is 45.6 Å². The maximum Gasteiger partial charge on any atom is 0.253 e. The summed E-state index contributed by atoms with van der Waals surface area (Å²) in [4.78, 5) is 27.0. The van der Waals surface area contributed by atoms with E-state index in [1.54, 1.807) is 0 Å². The van der Waals surface area contributed by atoms with Crippen LogP contribution < -0.4 is 5.32 Å². The molecule has 6 nitrogen and oxygen atoms in total. The van der Waals surface area contributed by atoms with Crippen LogP contribution >= 0.6 is 0 Å². The number of aromatic nitrogens is 2. The topological polar surface area (TPSA) is 67.2 Å². The van der Waals surface area contributed by atoms with Gasteiger partial charge in [0.25, 0.3) is 5.91 Å². The molecule has 2 atom stereocenters. The molecule has 1 aromatic carbocycles. The normalized spacial score (nSPS) is 22.7. The van der Waals surface area contributed by atoms with Gasteiger partial charge in [-0.25, -0.2) is 4.68 Å². The number of nitrogens with zero attached hydrogens (tertiary/aromatic N) is 3. The summed E-state index contributed by atoms with van der Waals surface area (Å²) in [6, 6.07) is 9.66. The minimum Gasteiger partial charge on any atom is -0.351 e. The van der Waals surface area contributed by atoms with Gasteiger partial charge >= 0.3 is 0 Å². The zero-order chi connectivity index (χ0) is 18.3. The maximum atomic E-state index is 13.0. The van der Waals surface area contributed by atoms with Crippen LogP contribution in [0.25, 0.3) is 5.69 Å². The summed E-state index contributed by atoms with van der Waals surface area (Å²) in [5, 5.41) is 7.55. The Morgan fingerprint density at radius 1 is 1.15 bits per heavy atom. The van der Waals surface area contributed by atoms with Crippen LogP contribution in [-0.2, 0) is 4.79 Å². The standard InChI is InChI=1S/C20H24N4O2/c1-13-10-14(2)24(22-13)18-8-6-15(7-9-18)20(26)23-11-16-4-3-5-17(12-23)21-19(16)25/h6-10,16-17H,3-5,11-12H2,1-2H3,(H,21,25)/t16-,17-/m1/s1. The van der Waals surface area contributed by atoms with E-state index in [1.165, 1.54) is 0 Å². The number of aryl methyl sites for hydroxylation is 2. The molecule has 1 aromatic heterocycles. The highest BCUT2D eigenvalue weighted by atomic mass is 16.2. The number of hydrogen-bond donors (Lipinski definition) is 1. The molecule has 2 aromatic rings. The lowest BCUT2D eigenvalue weighted by Crippen LogP contribution is -2.41. The molecule has 2 aliphatic rings. The first kappa shape index (κ1) is 16.8. The van der Waals surface area contributed by atoms with Gasteiger partial charge in [-0.05, 0) is 57.0 Å². The minimum atomic E-state index is -0.0829. The Balaban J connectivity index is 1.55. The van der Waals surface area contributed by atoms with Crippen molar-refractivity contribution in [3.05, 3.63) is 47.3 Å². The molecule has 4 rings (SSSR count). The van der Waals surface area contributed by atoms with Gasteiger partial charge in [0.2, 0.25) is 5.91 Å². The fourth-order valence-corrected chi connectivity index (χ4v) is 4.03. The van der Waals surface area contributed by atoms with Crippen molar-refractivity contribution >= 4 is 11.8 Å². The minimum absolute atomic E-state index is 0.00156. The first-order valence-electron chi connectivity index (χ1n) is 9.24. The van der Waals surface area contributed by atoms with Crippen LogP contribution in [0.5, 0.6) is 0 Å². The molecule has 0 aliphatic carbocycles. The molecule has 26 heavy (non-hydrogen) atoms. The average Bonchev–Trinajstić information content (AvgIpc) is 2.76. The second-order valence-electron chi connectivity index (χ2n) is 7.43. The number of amides is 2. The first-order chi connectivity index (χ1) is 12.5. The molecule has 136 valence electrons. The molecule has 6 heteroatoms. The van der Waals surface area contributed by atoms with Gasteiger partial charge in [-0.2, -0.15) is 5.10 Å². The maximum absolute atomic E-state index is 13.0. The largest absolute Gasteiger partial charge is 0.351 e. The molecule has 3 heterocycles. The summed E-state index contributed by atoms with van der Waals surface area (Å²) in [5.41, 5.74) is 3.63. The highest BCUT2D eigenvalue weighted by Crippen LogP contribution is 2.23. The third kappa shape index (κ3) is 3.11. The zero-order valence-corrected chi connectivity index (χ0v) is 15.2. The summed E-state index contributed by atoms with van der Waals surface area (Å²) < 4.78 is 1.88. The highest BCUT2D eigenvalue weighted by Gasteiger charge is 2.34. The molecular weight excluding hydrogens is 328 g/mol. The van der Waals surface area contributed by atoms with Gasteiger partial charge in [0, 0.05) is 30.4 Å². The Morgan fingerprint density at radius 2 is 1.92 bits per heavy atom. The second-order valence-corrected chi connectivity index (χ2v) is 7.43. The van der Waals surface area contributed by atoms with Gasteiger partial charge < -0.3 is 10.2 Å². The number of likely N-dealkylation sites (tertiary alicyclic amines) is 1. The van der Waals surface area contributed by atoms with Gasteiger partial charge in [0.1, 0.15) is 0 Å². The van der Waals surface area contributed by atoms with E-state index >= 15 is 0 Å². The average molecular weight is 352 g/mol. The van der Waals surface area contributed by atoms with Gasteiger partial charge in [0.05, 0.1) is 17.3 Å². The van der Waals surface area contributed by atoms with E-state index < -0.39 is 0 Å². The van der Waals surface area contributed by atoms with Crippen molar-refractivity contribution < 1.29 is 9.59 Å². The number of fused-ring (bicyclic) bond motifs is 3. The van der Waals surface area contributed by atoms with Crippen LogP contribution in [0, 0.1) is 19.8 Å². The Morgan fingerprint density at radius 3 is 2.62 bits per heavy atom. The third-order valence-electron chi connectivity index (χ3n) is 5.36. The van der Waals surface area contributed by atoms with E-state index in [0.717, 1.165) is 36.3 Å². The first-order valence-corrected chi connectivity index (χ1v) is 9.24. The van der Waals surface area contributed by atoms with Crippen molar-refractivity contribution in [3.63, 3.8) is 0 Å². The Labute approximate surface area is 153 Å². The smallest absolute Gasteiger partial charge is 0.253 e. The molecule has 0 saturated carbocycles.